The van der Waals surface area contributed by atoms with E-state index in [0.717, 1.165) is 16.6 Å². The van der Waals surface area contributed by atoms with Gasteiger partial charge in [0.2, 0.25) is 0 Å². The molecular weight excluding hydrogens is 469 g/mol. The molecule has 1 N–H and O–H groups in total. The first-order valence-electron chi connectivity index (χ1n) is 9.75. The highest BCUT2D eigenvalue weighted by atomic mass is 79.9. The van der Waals surface area contributed by atoms with Gasteiger partial charge >= 0.3 is 0 Å². The van der Waals surface area contributed by atoms with E-state index in [0.29, 0.717) is 35.2 Å². The van der Waals surface area contributed by atoms with Gasteiger partial charge < -0.3 is 14.8 Å². The summed E-state index contributed by atoms with van der Waals surface area (Å²) < 4.78 is 26.5. The van der Waals surface area contributed by atoms with Crippen LogP contribution in [-0.4, -0.2) is 6.61 Å². The number of nitrogens with one attached hydrogen (secondary N) is 1. The van der Waals surface area contributed by atoms with Crippen molar-refractivity contribution < 1.29 is 13.9 Å². The molecule has 158 valence electrons. The van der Waals surface area contributed by atoms with Crippen molar-refractivity contribution in [3.8, 4) is 11.5 Å². The molecule has 0 fully saturated rings. The van der Waals surface area contributed by atoms with Gasteiger partial charge in [-0.1, -0.05) is 63.4 Å². The monoisotopic (exact) mass is 491 g/mol. The van der Waals surface area contributed by atoms with Crippen LogP contribution in [0.5, 0.6) is 11.5 Å². The molecular formula is C24H24BrClFNO2. The van der Waals surface area contributed by atoms with Crippen LogP contribution in [0.1, 0.15) is 29.2 Å². The molecule has 0 amide bonds. The van der Waals surface area contributed by atoms with Crippen molar-refractivity contribution in [1.29, 1.82) is 0 Å². The fourth-order valence-corrected chi connectivity index (χ4v) is 3.64. The summed E-state index contributed by atoms with van der Waals surface area (Å²) in [7, 11) is 0. The lowest BCUT2D eigenvalue weighted by molar-refractivity contribution is 0.265. The van der Waals surface area contributed by atoms with E-state index in [1.165, 1.54) is 17.2 Å². The SMILES string of the molecule is CCOc1cc(CNCc2ccc(C)cc2)c(Br)cc1OCc1c(F)cccc1Cl. The Kier molecular flexibility index (Phi) is 8.14. The Morgan fingerprint density at radius 2 is 1.73 bits per heavy atom. The van der Waals surface area contributed by atoms with Crippen molar-refractivity contribution in [3.63, 3.8) is 0 Å². The van der Waals surface area contributed by atoms with Crippen LogP contribution in [0, 0.1) is 12.7 Å². The van der Waals surface area contributed by atoms with Crippen molar-refractivity contribution in [2.24, 2.45) is 0 Å². The Labute approximate surface area is 190 Å². The Hall–Kier alpha value is -2.08. The van der Waals surface area contributed by atoms with Gasteiger partial charge in [-0.15, -0.1) is 0 Å². The average molecular weight is 493 g/mol. The molecule has 0 aliphatic heterocycles. The maximum Gasteiger partial charge on any atom is 0.162 e. The summed E-state index contributed by atoms with van der Waals surface area (Å²) in [5.74, 6) is 0.752. The van der Waals surface area contributed by atoms with E-state index in [-0.39, 0.29) is 6.61 Å². The zero-order valence-corrected chi connectivity index (χ0v) is 19.3. The standard InChI is InChI=1S/C24H24BrClFNO2/c1-3-29-23-11-18(14-28-13-17-9-7-16(2)8-10-17)20(25)12-24(23)30-15-19-21(26)5-4-6-22(19)27/h4-12,28H,3,13-15H2,1-2H3. The maximum absolute atomic E-state index is 14.0. The molecule has 0 aliphatic rings. The third-order valence-corrected chi connectivity index (χ3v) is 5.70. The molecule has 6 heteroatoms. The van der Waals surface area contributed by atoms with Crippen molar-refractivity contribution >= 4 is 27.5 Å². The fraction of sp³-hybridized carbons (Fsp3) is 0.250. The van der Waals surface area contributed by atoms with Crippen LogP contribution in [-0.2, 0) is 19.7 Å². The lowest BCUT2D eigenvalue weighted by Gasteiger charge is -2.16. The third kappa shape index (κ3) is 5.97. The molecule has 0 atom stereocenters. The first kappa shape index (κ1) is 22.6. The summed E-state index contributed by atoms with van der Waals surface area (Å²) in [6, 6.07) is 16.8. The van der Waals surface area contributed by atoms with Crippen molar-refractivity contribution in [2.45, 2.75) is 33.5 Å². The van der Waals surface area contributed by atoms with Gasteiger partial charge in [-0.05, 0) is 49.2 Å². The van der Waals surface area contributed by atoms with Gasteiger partial charge in [0, 0.05) is 23.1 Å². The Balaban J connectivity index is 1.70. The van der Waals surface area contributed by atoms with Gasteiger partial charge in [-0.25, -0.2) is 4.39 Å². The molecule has 3 aromatic carbocycles. The van der Waals surface area contributed by atoms with Gasteiger partial charge in [0.15, 0.2) is 11.5 Å². The molecule has 0 aliphatic carbocycles. The van der Waals surface area contributed by atoms with Gasteiger partial charge in [0.25, 0.3) is 0 Å². The van der Waals surface area contributed by atoms with E-state index in [1.54, 1.807) is 12.1 Å². The molecule has 0 saturated carbocycles. The zero-order chi connectivity index (χ0) is 21.5. The van der Waals surface area contributed by atoms with E-state index in [4.69, 9.17) is 21.1 Å². The number of benzene rings is 3. The smallest absolute Gasteiger partial charge is 0.162 e. The average Bonchev–Trinajstić information content (AvgIpc) is 2.72. The molecule has 3 nitrogen and oxygen atoms in total. The highest BCUT2D eigenvalue weighted by molar-refractivity contribution is 9.10. The molecule has 0 radical (unpaired) electrons. The highest BCUT2D eigenvalue weighted by Crippen LogP contribution is 2.35. The first-order chi connectivity index (χ1) is 14.5. The van der Waals surface area contributed by atoms with E-state index in [9.17, 15) is 4.39 Å². The molecule has 3 rings (SSSR count). The lowest BCUT2D eigenvalue weighted by Crippen LogP contribution is -2.13. The molecule has 0 spiro atoms. The van der Waals surface area contributed by atoms with Crippen LogP contribution < -0.4 is 14.8 Å². The van der Waals surface area contributed by atoms with Crippen molar-refractivity contribution in [3.05, 3.63) is 92.2 Å². The summed E-state index contributed by atoms with van der Waals surface area (Å²) in [6.07, 6.45) is 0. The molecule has 0 saturated heterocycles. The molecule has 0 unspecified atom stereocenters. The Morgan fingerprint density at radius 1 is 1.00 bits per heavy atom. The number of aryl methyl sites for hydroxylation is 1. The molecule has 3 aromatic rings. The van der Waals surface area contributed by atoms with Crippen molar-refractivity contribution in [1.82, 2.24) is 5.32 Å². The normalized spacial score (nSPS) is 10.8. The van der Waals surface area contributed by atoms with Crippen LogP contribution in [0.4, 0.5) is 4.39 Å². The van der Waals surface area contributed by atoms with Gasteiger partial charge in [-0.3, -0.25) is 0 Å². The van der Waals surface area contributed by atoms with E-state index >= 15 is 0 Å². The fourth-order valence-electron chi connectivity index (χ4n) is 2.96. The third-order valence-electron chi connectivity index (χ3n) is 4.61. The largest absolute Gasteiger partial charge is 0.490 e. The number of halogens is 3. The van der Waals surface area contributed by atoms with Crippen LogP contribution in [0.3, 0.4) is 0 Å². The maximum atomic E-state index is 14.0. The lowest BCUT2D eigenvalue weighted by atomic mass is 10.1. The molecule has 0 bridgehead atoms. The number of rotatable bonds is 9. The summed E-state index contributed by atoms with van der Waals surface area (Å²) in [4.78, 5) is 0. The second-order valence-electron chi connectivity index (χ2n) is 6.90. The minimum absolute atomic E-state index is 0.0169. The molecule has 0 heterocycles. The summed E-state index contributed by atoms with van der Waals surface area (Å²) in [6.45, 7) is 5.93. The van der Waals surface area contributed by atoms with Crippen LogP contribution >= 0.6 is 27.5 Å². The summed E-state index contributed by atoms with van der Waals surface area (Å²) in [5.41, 5.74) is 3.84. The summed E-state index contributed by atoms with van der Waals surface area (Å²) >= 11 is 9.71. The minimum Gasteiger partial charge on any atom is -0.490 e. The number of hydrogen-bond acceptors (Lipinski definition) is 3. The topological polar surface area (TPSA) is 30.5 Å². The highest BCUT2D eigenvalue weighted by Gasteiger charge is 2.14. The van der Waals surface area contributed by atoms with E-state index < -0.39 is 5.82 Å². The Morgan fingerprint density at radius 3 is 2.43 bits per heavy atom. The molecule has 0 aromatic heterocycles. The van der Waals surface area contributed by atoms with Gasteiger partial charge in [-0.2, -0.15) is 0 Å². The quantitative estimate of drug-likeness (QED) is 0.356. The predicted molar refractivity (Wildman–Crippen MR) is 123 cm³/mol. The van der Waals surface area contributed by atoms with Crippen LogP contribution in [0.15, 0.2) is 59.1 Å². The second kappa shape index (κ2) is 10.8. The van der Waals surface area contributed by atoms with Gasteiger partial charge in [0.05, 0.1) is 11.6 Å². The summed E-state index contributed by atoms with van der Waals surface area (Å²) in [5, 5.41) is 3.78. The molecule has 30 heavy (non-hydrogen) atoms. The number of ether oxygens (including phenoxy) is 2. The zero-order valence-electron chi connectivity index (χ0n) is 17.0. The predicted octanol–water partition coefficient (Wildman–Crippen LogP) is 6.82. The van der Waals surface area contributed by atoms with E-state index in [2.05, 4.69) is 52.4 Å². The van der Waals surface area contributed by atoms with Crippen molar-refractivity contribution in [2.75, 3.05) is 6.61 Å². The first-order valence-corrected chi connectivity index (χ1v) is 10.9. The Bertz CT molecular complexity index is 975. The van der Waals surface area contributed by atoms with Crippen LogP contribution in [0.2, 0.25) is 5.02 Å². The van der Waals surface area contributed by atoms with Gasteiger partial charge in [0.1, 0.15) is 12.4 Å². The van der Waals surface area contributed by atoms with Crippen LogP contribution in [0.25, 0.3) is 0 Å². The second-order valence-corrected chi connectivity index (χ2v) is 8.16. The minimum atomic E-state index is -0.392. The number of hydrogen-bond donors (Lipinski definition) is 1. The van der Waals surface area contributed by atoms with E-state index in [1.807, 2.05) is 19.1 Å².